The number of sulfonamides is 1. The van der Waals surface area contributed by atoms with Crippen molar-refractivity contribution in [3.05, 3.63) is 88.9 Å². The number of halogens is 1. The fraction of sp³-hybridized carbons (Fsp3) is 0.412. The van der Waals surface area contributed by atoms with Gasteiger partial charge in [-0.3, -0.25) is 13.9 Å². The quantitative estimate of drug-likeness (QED) is 0.230. The third-order valence-electron chi connectivity index (χ3n) is 7.89. The number of aryl methyl sites for hydroxylation is 1. The molecule has 0 radical (unpaired) electrons. The number of nitrogens with one attached hydrogen (secondary N) is 1. The number of amides is 2. The van der Waals surface area contributed by atoms with E-state index in [0.717, 1.165) is 47.5 Å². The molecule has 3 aromatic carbocycles. The van der Waals surface area contributed by atoms with Crippen LogP contribution in [0, 0.1) is 6.92 Å². The largest absolute Gasteiger partial charge is 0.494 e. The Morgan fingerprint density at radius 1 is 0.977 bits per heavy atom. The molecule has 0 spiro atoms. The van der Waals surface area contributed by atoms with Gasteiger partial charge in [-0.25, -0.2) is 8.42 Å². The molecule has 3 aromatic rings. The Kier molecular flexibility index (Phi) is 11.7. The van der Waals surface area contributed by atoms with Gasteiger partial charge in [0.1, 0.15) is 18.3 Å². The molecule has 0 bridgehead atoms. The van der Waals surface area contributed by atoms with Crippen LogP contribution in [0.4, 0.5) is 5.69 Å². The minimum atomic E-state index is -4.19. The van der Waals surface area contributed by atoms with Crippen molar-refractivity contribution in [2.24, 2.45) is 0 Å². The maximum Gasteiger partial charge on any atom is 0.264 e. The van der Waals surface area contributed by atoms with Crippen LogP contribution in [-0.4, -0.2) is 50.4 Å². The van der Waals surface area contributed by atoms with Crippen LogP contribution in [0.1, 0.15) is 63.5 Å². The third-order valence-corrected chi connectivity index (χ3v) is 9.93. The lowest BCUT2D eigenvalue weighted by Gasteiger charge is -2.34. The van der Waals surface area contributed by atoms with Gasteiger partial charge in [0.2, 0.25) is 11.8 Å². The maximum atomic E-state index is 14.3. The molecule has 1 N–H and O–H groups in total. The first-order valence-corrected chi connectivity index (χ1v) is 17.1. The zero-order valence-electron chi connectivity index (χ0n) is 25.7. The van der Waals surface area contributed by atoms with E-state index in [9.17, 15) is 18.0 Å². The van der Waals surface area contributed by atoms with E-state index in [2.05, 4.69) is 5.32 Å². The van der Waals surface area contributed by atoms with Gasteiger partial charge in [-0.15, -0.1) is 0 Å². The monoisotopic (exact) mass is 639 g/mol. The first kappa shape index (κ1) is 33.3. The average Bonchev–Trinajstić information content (AvgIpc) is 3.01. The minimum absolute atomic E-state index is 0.00379. The second-order valence-electron chi connectivity index (χ2n) is 11.2. The molecule has 0 aliphatic heterocycles. The summed E-state index contributed by atoms with van der Waals surface area (Å²) in [5, 5.41) is 3.57. The van der Waals surface area contributed by atoms with Crippen molar-refractivity contribution in [1.82, 2.24) is 10.2 Å². The summed E-state index contributed by atoms with van der Waals surface area (Å²) in [6, 6.07) is 19.5. The number of carbonyl (C=O) groups excluding carboxylic acids is 2. The summed E-state index contributed by atoms with van der Waals surface area (Å²) < 4.78 is 34.7. The molecule has 2 amide bonds. The Morgan fingerprint density at radius 3 is 2.27 bits per heavy atom. The lowest BCUT2D eigenvalue weighted by Crippen LogP contribution is -2.54. The van der Waals surface area contributed by atoms with Gasteiger partial charge in [0.05, 0.1) is 17.2 Å². The highest BCUT2D eigenvalue weighted by atomic mass is 35.5. The van der Waals surface area contributed by atoms with Gasteiger partial charge in [0.25, 0.3) is 10.0 Å². The topological polar surface area (TPSA) is 96.0 Å². The summed E-state index contributed by atoms with van der Waals surface area (Å²) >= 11 is 6.05. The molecule has 4 rings (SSSR count). The summed E-state index contributed by atoms with van der Waals surface area (Å²) in [6.07, 6.45) is 5.49. The highest BCUT2D eigenvalue weighted by Gasteiger charge is 2.34. The number of ether oxygens (including phenoxy) is 1. The molecule has 1 aliphatic rings. The molecule has 236 valence electrons. The van der Waals surface area contributed by atoms with Gasteiger partial charge in [-0.05, 0) is 87.2 Å². The standard InChI is InChI=1S/C34H42ClN3O5S/c1-4-32(34(40)36-28-12-7-6-8-13-28)37(23-26-11-9-10-25(3)22-26)33(39)24-38(29-16-18-30(19-17-29)43-5-2)44(41,42)31-20-14-27(35)15-21-31/h9-11,14-22,28,32H,4-8,12-13,23-24H2,1-3H3,(H,36,40)/t32-/m0/s1. The summed E-state index contributed by atoms with van der Waals surface area (Å²) in [4.78, 5) is 29.5. The summed E-state index contributed by atoms with van der Waals surface area (Å²) in [7, 11) is -4.19. The smallest absolute Gasteiger partial charge is 0.264 e. The van der Waals surface area contributed by atoms with Crippen molar-refractivity contribution in [3.63, 3.8) is 0 Å². The van der Waals surface area contributed by atoms with Crippen LogP contribution in [0.15, 0.2) is 77.7 Å². The SMILES string of the molecule is CCOc1ccc(N(CC(=O)N(Cc2cccc(C)c2)[C@@H](CC)C(=O)NC2CCCCC2)S(=O)(=O)c2ccc(Cl)cc2)cc1. The van der Waals surface area contributed by atoms with Crippen molar-refractivity contribution in [2.75, 3.05) is 17.5 Å². The molecule has 0 heterocycles. The second kappa shape index (κ2) is 15.4. The van der Waals surface area contributed by atoms with E-state index in [1.165, 1.54) is 29.2 Å². The van der Waals surface area contributed by atoms with E-state index in [1.807, 2.05) is 45.0 Å². The number of rotatable bonds is 13. The number of nitrogens with zero attached hydrogens (tertiary/aromatic N) is 2. The van der Waals surface area contributed by atoms with Crippen LogP contribution < -0.4 is 14.4 Å². The summed E-state index contributed by atoms with van der Waals surface area (Å²) in [5.74, 6) is -0.116. The first-order valence-electron chi connectivity index (χ1n) is 15.3. The van der Waals surface area contributed by atoms with Gasteiger partial charge < -0.3 is 15.0 Å². The maximum absolute atomic E-state index is 14.3. The van der Waals surface area contributed by atoms with Crippen molar-refractivity contribution in [3.8, 4) is 5.75 Å². The predicted molar refractivity (Wildman–Crippen MR) is 174 cm³/mol. The van der Waals surface area contributed by atoms with Crippen LogP contribution in [0.2, 0.25) is 5.02 Å². The Hall–Kier alpha value is -3.56. The Bertz CT molecular complexity index is 1510. The number of carbonyl (C=O) groups is 2. The fourth-order valence-corrected chi connectivity index (χ4v) is 7.15. The lowest BCUT2D eigenvalue weighted by atomic mass is 9.95. The Labute approximate surface area is 266 Å². The molecule has 8 nitrogen and oxygen atoms in total. The molecule has 1 aliphatic carbocycles. The van der Waals surface area contributed by atoms with E-state index >= 15 is 0 Å². The van der Waals surface area contributed by atoms with E-state index in [-0.39, 0.29) is 23.4 Å². The van der Waals surface area contributed by atoms with Crippen LogP contribution in [-0.2, 0) is 26.2 Å². The van der Waals surface area contributed by atoms with E-state index in [4.69, 9.17) is 16.3 Å². The lowest BCUT2D eigenvalue weighted by molar-refractivity contribution is -0.140. The Morgan fingerprint density at radius 2 is 1.66 bits per heavy atom. The van der Waals surface area contributed by atoms with Gasteiger partial charge in [-0.1, -0.05) is 67.6 Å². The minimum Gasteiger partial charge on any atom is -0.494 e. The highest BCUT2D eigenvalue weighted by Crippen LogP contribution is 2.28. The summed E-state index contributed by atoms with van der Waals surface area (Å²) in [5.41, 5.74) is 2.18. The number of hydrogen-bond donors (Lipinski definition) is 1. The zero-order valence-corrected chi connectivity index (χ0v) is 27.2. The number of anilines is 1. The molecule has 10 heteroatoms. The molecule has 44 heavy (non-hydrogen) atoms. The van der Waals surface area contributed by atoms with Crippen LogP contribution in [0.5, 0.6) is 5.75 Å². The van der Waals surface area contributed by atoms with Crippen molar-refractivity contribution in [1.29, 1.82) is 0 Å². The molecule has 0 saturated heterocycles. The fourth-order valence-electron chi connectivity index (χ4n) is 5.61. The molecular formula is C34H42ClN3O5S. The van der Waals surface area contributed by atoms with Gasteiger partial charge in [0, 0.05) is 17.6 Å². The van der Waals surface area contributed by atoms with Gasteiger partial charge >= 0.3 is 0 Å². The van der Waals surface area contributed by atoms with E-state index < -0.39 is 28.5 Å². The summed E-state index contributed by atoms with van der Waals surface area (Å²) in [6.45, 7) is 5.82. The van der Waals surface area contributed by atoms with Crippen molar-refractivity contribution >= 4 is 39.1 Å². The second-order valence-corrected chi connectivity index (χ2v) is 13.5. The number of benzene rings is 3. The molecule has 1 fully saturated rings. The van der Waals surface area contributed by atoms with Crippen LogP contribution >= 0.6 is 11.6 Å². The van der Waals surface area contributed by atoms with Crippen molar-refractivity contribution < 1.29 is 22.7 Å². The average molecular weight is 640 g/mol. The number of hydrogen-bond acceptors (Lipinski definition) is 5. The normalized spacial score (nSPS) is 14.5. The van der Waals surface area contributed by atoms with E-state index in [1.54, 1.807) is 24.3 Å². The highest BCUT2D eigenvalue weighted by molar-refractivity contribution is 7.92. The third kappa shape index (κ3) is 8.54. The van der Waals surface area contributed by atoms with Gasteiger partial charge in [-0.2, -0.15) is 0 Å². The molecular weight excluding hydrogens is 598 g/mol. The predicted octanol–water partition coefficient (Wildman–Crippen LogP) is 6.50. The van der Waals surface area contributed by atoms with Gasteiger partial charge in [0.15, 0.2) is 0 Å². The first-order chi connectivity index (χ1) is 21.1. The van der Waals surface area contributed by atoms with E-state index in [0.29, 0.717) is 29.5 Å². The van der Waals surface area contributed by atoms with Crippen LogP contribution in [0.25, 0.3) is 0 Å². The molecule has 1 saturated carbocycles. The molecule has 0 unspecified atom stereocenters. The Balaban J connectivity index is 1.71. The van der Waals surface area contributed by atoms with Crippen molar-refractivity contribution in [2.45, 2.75) is 82.8 Å². The van der Waals surface area contributed by atoms with Crippen LogP contribution in [0.3, 0.4) is 0 Å². The molecule has 0 aromatic heterocycles. The molecule has 1 atom stereocenters. The zero-order chi connectivity index (χ0) is 31.7.